The number of non-ortho nitro benzene ring substituents is 1. The van der Waals surface area contributed by atoms with Crippen LogP contribution in [0.1, 0.15) is 30.1 Å². The van der Waals surface area contributed by atoms with Gasteiger partial charge in [0.1, 0.15) is 0 Å². The third-order valence-electron chi connectivity index (χ3n) is 3.64. The topological polar surface area (TPSA) is 98.3 Å². The minimum atomic E-state index is -0.490. The Hall–Kier alpha value is -1.66. The molecule has 0 radical (unpaired) electrons. The van der Waals surface area contributed by atoms with Gasteiger partial charge in [-0.15, -0.1) is 12.4 Å². The molecule has 0 bridgehead atoms. The van der Waals surface area contributed by atoms with Crippen LogP contribution < -0.4 is 11.1 Å². The van der Waals surface area contributed by atoms with E-state index in [0.717, 1.165) is 12.8 Å². The number of hydrogen-bond donors (Lipinski definition) is 2. The highest BCUT2D eigenvalue weighted by Crippen LogP contribution is 2.39. The van der Waals surface area contributed by atoms with Crippen LogP contribution >= 0.6 is 12.4 Å². The number of hydrogen-bond acceptors (Lipinski definition) is 4. The van der Waals surface area contributed by atoms with Crippen LogP contribution in [0.4, 0.5) is 5.69 Å². The van der Waals surface area contributed by atoms with E-state index < -0.39 is 10.5 Å². The van der Waals surface area contributed by atoms with Gasteiger partial charge in [0.2, 0.25) is 0 Å². The number of halogens is 1. The van der Waals surface area contributed by atoms with Crippen LogP contribution in [0.25, 0.3) is 0 Å². The van der Waals surface area contributed by atoms with Crippen LogP contribution in [-0.2, 0) is 0 Å². The molecule has 1 aliphatic rings. The van der Waals surface area contributed by atoms with E-state index in [4.69, 9.17) is 5.73 Å². The minimum absolute atomic E-state index is 0. The van der Waals surface area contributed by atoms with Gasteiger partial charge in [0, 0.05) is 24.2 Å². The molecule has 20 heavy (non-hydrogen) atoms. The lowest BCUT2D eigenvalue weighted by atomic mass is 9.95. The predicted molar refractivity (Wildman–Crippen MR) is 78.0 cm³/mol. The van der Waals surface area contributed by atoms with Crippen molar-refractivity contribution in [1.82, 2.24) is 5.32 Å². The number of carbonyl (C=O) groups is 1. The number of nitrogens with zero attached hydrogens (tertiary/aromatic N) is 1. The summed E-state index contributed by atoms with van der Waals surface area (Å²) < 4.78 is 0. The number of nitrogens with two attached hydrogens (primary N) is 1. The van der Waals surface area contributed by atoms with Crippen LogP contribution in [-0.4, -0.2) is 22.9 Å². The summed E-state index contributed by atoms with van der Waals surface area (Å²) in [4.78, 5) is 22.1. The second-order valence-electron chi connectivity index (χ2n) is 5.15. The molecule has 1 saturated carbocycles. The molecule has 1 aromatic carbocycles. The molecule has 2 rings (SSSR count). The number of rotatable bonds is 5. The first-order chi connectivity index (χ1) is 8.96. The Labute approximate surface area is 123 Å². The number of nitro benzene ring substituents is 1. The molecule has 0 aliphatic heterocycles. The van der Waals surface area contributed by atoms with Gasteiger partial charge in [0.05, 0.1) is 10.5 Å². The summed E-state index contributed by atoms with van der Waals surface area (Å²) in [5, 5.41) is 13.5. The third-order valence-corrected chi connectivity index (χ3v) is 3.64. The molecule has 1 aliphatic carbocycles. The van der Waals surface area contributed by atoms with Crippen molar-refractivity contribution in [3.8, 4) is 0 Å². The van der Waals surface area contributed by atoms with Crippen molar-refractivity contribution < 1.29 is 9.72 Å². The van der Waals surface area contributed by atoms with E-state index >= 15 is 0 Å². The lowest BCUT2D eigenvalue weighted by Crippen LogP contribution is -2.53. The molecule has 1 unspecified atom stereocenters. The molecule has 1 atom stereocenters. The molecule has 0 aromatic heterocycles. The zero-order valence-corrected chi connectivity index (χ0v) is 12.0. The average molecular weight is 300 g/mol. The third kappa shape index (κ3) is 3.46. The Kier molecular flexibility index (Phi) is 5.08. The van der Waals surface area contributed by atoms with Crippen LogP contribution in [0, 0.1) is 16.0 Å². The van der Waals surface area contributed by atoms with Crippen molar-refractivity contribution in [2.24, 2.45) is 11.7 Å². The Morgan fingerprint density at radius 1 is 1.45 bits per heavy atom. The van der Waals surface area contributed by atoms with Gasteiger partial charge >= 0.3 is 0 Å². The van der Waals surface area contributed by atoms with E-state index in [1.54, 1.807) is 0 Å². The Bertz CT molecular complexity index is 502. The zero-order valence-electron chi connectivity index (χ0n) is 11.2. The number of carbonyl (C=O) groups excluding carboxylic acids is 1. The van der Waals surface area contributed by atoms with Crippen molar-refractivity contribution in [3.05, 3.63) is 39.9 Å². The van der Waals surface area contributed by atoms with Crippen molar-refractivity contribution in [3.63, 3.8) is 0 Å². The summed E-state index contributed by atoms with van der Waals surface area (Å²) in [6.07, 6.45) is 2.16. The summed E-state index contributed by atoms with van der Waals surface area (Å²) in [5.41, 5.74) is 5.72. The van der Waals surface area contributed by atoms with Crippen LogP contribution in [0.15, 0.2) is 24.3 Å². The molecule has 110 valence electrons. The van der Waals surface area contributed by atoms with Crippen LogP contribution in [0.2, 0.25) is 0 Å². The highest BCUT2D eigenvalue weighted by Gasteiger charge is 2.41. The van der Waals surface area contributed by atoms with E-state index in [0.29, 0.717) is 18.0 Å². The molecule has 0 spiro atoms. The van der Waals surface area contributed by atoms with Crippen molar-refractivity contribution in [2.75, 3.05) is 6.54 Å². The maximum absolute atomic E-state index is 12.1. The van der Waals surface area contributed by atoms with E-state index in [1.807, 2.05) is 6.92 Å². The zero-order chi connectivity index (χ0) is 14.0. The van der Waals surface area contributed by atoms with Crippen LogP contribution in [0.5, 0.6) is 0 Å². The maximum Gasteiger partial charge on any atom is 0.269 e. The fourth-order valence-electron chi connectivity index (χ4n) is 2.11. The molecule has 0 saturated heterocycles. The minimum Gasteiger partial charge on any atom is -0.345 e. The lowest BCUT2D eigenvalue weighted by molar-refractivity contribution is -0.384. The molecule has 1 aromatic rings. The summed E-state index contributed by atoms with van der Waals surface area (Å²) in [6, 6.07) is 5.56. The highest BCUT2D eigenvalue weighted by molar-refractivity contribution is 5.95. The smallest absolute Gasteiger partial charge is 0.269 e. The van der Waals surface area contributed by atoms with E-state index in [-0.39, 0.29) is 24.0 Å². The second-order valence-corrected chi connectivity index (χ2v) is 5.15. The standard InChI is InChI=1S/C13H17N3O3.ClH/c1-13(8-14,10-4-5-10)15-12(17)9-2-6-11(7-3-9)16(18)19;/h2-3,6-7,10H,4-5,8,14H2,1H3,(H,15,17);1H. The van der Waals surface area contributed by atoms with Crippen LogP contribution in [0.3, 0.4) is 0 Å². The molecule has 6 nitrogen and oxygen atoms in total. The Morgan fingerprint density at radius 3 is 2.40 bits per heavy atom. The summed E-state index contributed by atoms with van der Waals surface area (Å²) >= 11 is 0. The first-order valence-electron chi connectivity index (χ1n) is 6.23. The summed E-state index contributed by atoms with van der Waals surface area (Å²) in [6.45, 7) is 2.32. The quantitative estimate of drug-likeness (QED) is 0.640. The van der Waals surface area contributed by atoms with E-state index in [1.165, 1.54) is 24.3 Å². The van der Waals surface area contributed by atoms with Gasteiger partial charge in [-0.1, -0.05) is 0 Å². The van der Waals surface area contributed by atoms with E-state index in [9.17, 15) is 14.9 Å². The van der Waals surface area contributed by atoms with Gasteiger partial charge in [-0.3, -0.25) is 14.9 Å². The number of nitro groups is 1. The Balaban J connectivity index is 0.00000200. The first-order valence-corrected chi connectivity index (χ1v) is 6.23. The van der Waals surface area contributed by atoms with Crippen molar-refractivity contribution in [2.45, 2.75) is 25.3 Å². The van der Waals surface area contributed by atoms with Gasteiger partial charge in [0.25, 0.3) is 11.6 Å². The number of nitrogens with one attached hydrogen (secondary N) is 1. The SMILES string of the molecule is CC(CN)(NC(=O)c1ccc([N+](=O)[O-])cc1)C1CC1.Cl. The Morgan fingerprint density at radius 2 is 2.00 bits per heavy atom. The fourth-order valence-corrected chi connectivity index (χ4v) is 2.11. The first kappa shape index (κ1) is 16.4. The number of benzene rings is 1. The van der Waals surface area contributed by atoms with Gasteiger partial charge < -0.3 is 11.1 Å². The molecular weight excluding hydrogens is 282 g/mol. The predicted octanol–water partition coefficient (Wildman–Crippen LogP) is 1.87. The normalized spacial score (nSPS) is 16.7. The molecule has 0 heterocycles. The molecule has 3 N–H and O–H groups in total. The van der Waals surface area contributed by atoms with E-state index in [2.05, 4.69) is 5.32 Å². The average Bonchev–Trinajstić information content (AvgIpc) is 3.23. The molecule has 1 amide bonds. The van der Waals surface area contributed by atoms with Gasteiger partial charge in [-0.05, 0) is 37.8 Å². The summed E-state index contributed by atoms with van der Waals surface area (Å²) in [5.74, 6) is 0.189. The highest BCUT2D eigenvalue weighted by atomic mass is 35.5. The van der Waals surface area contributed by atoms with Gasteiger partial charge in [-0.25, -0.2) is 0 Å². The van der Waals surface area contributed by atoms with Gasteiger partial charge in [0.15, 0.2) is 0 Å². The van der Waals surface area contributed by atoms with Crippen molar-refractivity contribution >= 4 is 24.0 Å². The molecular formula is C13H18ClN3O3. The lowest BCUT2D eigenvalue weighted by Gasteiger charge is -2.29. The second kappa shape index (κ2) is 6.19. The largest absolute Gasteiger partial charge is 0.345 e. The molecule has 1 fully saturated rings. The number of amides is 1. The van der Waals surface area contributed by atoms with Crippen molar-refractivity contribution in [1.29, 1.82) is 0 Å². The molecule has 7 heteroatoms. The summed E-state index contributed by atoms with van der Waals surface area (Å²) in [7, 11) is 0. The fraction of sp³-hybridized carbons (Fsp3) is 0.462. The maximum atomic E-state index is 12.1. The monoisotopic (exact) mass is 299 g/mol. The van der Waals surface area contributed by atoms with Gasteiger partial charge in [-0.2, -0.15) is 0 Å².